The molecule has 0 bridgehead atoms. The molecule has 0 unspecified atom stereocenters. The molecule has 262 valence electrons. The molecule has 13 heteroatoms. The predicted molar refractivity (Wildman–Crippen MR) is 188 cm³/mol. The van der Waals surface area contributed by atoms with Gasteiger partial charge in [0, 0.05) is 17.3 Å². The number of anilines is 1. The Hall–Kier alpha value is -4.75. The molecule has 6 rings (SSSR count). The van der Waals surface area contributed by atoms with Gasteiger partial charge in [-0.25, -0.2) is 4.68 Å². The molecule has 4 aromatic carbocycles. The van der Waals surface area contributed by atoms with Gasteiger partial charge < -0.3 is 24.2 Å². The Morgan fingerprint density at radius 1 is 0.780 bits per heavy atom. The monoisotopic (exact) mass is 704 g/mol. The maximum absolute atomic E-state index is 15.1. The molecule has 0 aliphatic heterocycles. The lowest BCUT2D eigenvalue weighted by Crippen LogP contribution is -2.26. The van der Waals surface area contributed by atoms with Crippen LogP contribution in [0.25, 0.3) is 11.4 Å². The number of nitrogens with zero attached hydrogens (tertiary/aromatic N) is 5. The van der Waals surface area contributed by atoms with Crippen LogP contribution in [0.2, 0.25) is 0 Å². The van der Waals surface area contributed by atoms with Crippen molar-refractivity contribution in [3.63, 3.8) is 0 Å². The van der Waals surface area contributed by atoms with Crippen molar-refractivity contribution >= 4 is 17.6 Å². The van der Waals surface area contributed by atoms with Gasteiger partial charge in [0.15, 0.2) is 5.82 Å². The average molecular weight is 705 g/mol. The highest BCUT2D eigenvalue weighted by Crippen LogP contribution is 2.49. The second kappa shape index (κ2) is 15.4. The summed E-state index contributed by atoms with van der Waals surface area (Å²) in [6.45, 7) is 0.534. The molecule has 1 saturated carbocycles. The molecule has 0 amide bonds. The lowest BCUT2D eigenvalue weighted by Gasteiger charge is -2.31. The van der Waals surface area contributed by atoms with Crippen molar-refractivity contribution in [2.24, 2.45) is 5.73 Å². The van der Waals surface area contributed by atoms with Crippen molar-refractivity contribution in [2.75, 3.05) is 25.6 Å². The lowest BCUT2D eigenvalue weighted by atomic mass is 9.79. The number of ether oxygens (including phenoxy) is 3. The van der Waals surface area contributed by atoms with Crippen LogP contribution >= 0.6 is 11.9 Å². The molecular formula is C37H39F3N6O3S. The molecule has 9 nitrogen and oxygen atoms in total. The lowest BCUT2D eigenvalue weighted by molar-refractivity contribution is -0.139. The van der Waals surface area contributed by atoms with Crippen LogP contribution in [-0.4, -0.2) is 47.6 Å². The molecule has 1 aliphatic carbocycles. The van der Waals surface area contributed by atoms with Gasteiger partial charge in [-0.1, -0.05) is 30.3 Å². The summed E-state index contributed by atoms with van der Waals surface area (Å²) in [4.78, 5) is 0.0278. The normalized spacial score (nSPS) is 16.2. The van der Waals surface area contributed by atoms with Gasteiger partial charge in [0.2, 0.25) is 0 Å². The van der Waals surface area contributed by atoms with E-state index in [1.165, 1.54) is 6.07 Å². The van der Waals surface area contributed by atoms with E-state index in [2.05, 4.69) is 15.5 Å². The molecule has 1 aliphatic rings. The summed E-state index contributed by atoms with van der Waals surface area (Å²) in [5, 5.41) is 12.7. The van der Waals surface area contributed by atoms with Gasteiger partial charge in [-0.05, 0) is 125 Å². The number of tetrazole rings is 1. The van der Waals surface area contributed by atoms with Crippen molar-refractivity contribution in [1.29, 1.82) is 0 Å². The first kappa shape index (κ1) is 35.1. The van der Waals surface area contributed by atoms with Crippen molar-refractivity contribution in [1.82, 2.24) is 20.2 Å². The Labute approximate surface area is 293 Å². The van der Waals surface area contributed by atoms with E-state index in [9.17, 15) is 0 Å². The number of halogens is 3. The molecule has 1 aromatic heterocycles. The first-order chi connectivity index (χ1) is 24.2. The van der Waals surface area contributed by atoms with Crippen LogP contribution in [-0.2, 0) is 19.3 Å². The number of rotatable bonds is 12. The molecule has 5 aromatic rings. The highest BCUT2D eigenvalue weighted by Gasteiger charge is 2.39. The third-order valence-electron chi connectivity index (χ3n) is 9.00. The number of benzene rings is 4. The van der Waals surface area contributed by atoms with Crippen LogP contribution in [0.15, 0.2) is 89.8 Å². The van der Waals surface area contributed by atoms with Gasteiger partial charge in [0.05, 0.1) is 44.9 Å². The molecule has 0 spiro atoms. The zero-order chi connectivity index (χ0) is 35.3. The molecule has 0 saturated heterocycles. The van der Waals surface area contributed by atoms with Crippen molar-refractivity contribution in [3.05, 3.63) is 107 Å². The van der Waals surface area contributed by atoms with Crippen LogP contribution in [0.5, 0.6) is 17.2 Å². The van der Waals surface area contributed by atoms with Crippen molar-refractivity contribution in [3.8, 4) is 28.6 Å². The second-order valence-electron chi connectivity index (χ2n) is 12.2. The molecule has 0 atom stereocenters. The van der Waals surface area contributed by atoms with Crippen LogP contribution in [0.1, 0.15) is 53.9 Å². The Bertz CT molecular complexity index is 1860. The molecular weight excluding hydrogens is 666 g/mol. The van der Waals surface area contributed by atoms with Crippen LogP contribution in [0, 0.1) is 0 Å². The first-order valence-electron chi connectivity index (χ1n) is 16.3. The quantitative estimate of drug-likeness (QED) is 0.129. The Kier molecular flexibility index (Phi) is 10.8. The highest BCUT2D eigenvalue weighted by atomic mass is 32.2. The largest absolute Gasteiger partial charge is 0.497 e. The number of methoxy groups -OCH3 is 3. The van der Waals surface area contributed by atoms with Crippen molar-refractivity contribution < 1.29 is 27.4 Å². The van der Waals surface area contributed by atoms with Crippen molar-refractivity contribution in [2.45, 2.75) is 61.8 Å². The third-order valence-corrected chi connectivity index (χ3v) is 10.2. The van der Waals surface area contributed by atoms with E-state index in [1.807, 2.05) is 65.0 Å². The molecule has 1 fully saturated rings. The number of hydrogen-bond acceptors (Lipinski definition) is 9. The number of nitrogens with two attached hydrogens (primary N) is 1. The van der Waals surface area contributed by atoms with E-state index in [0.717, 1.165) is 54.3 Å². The zero-order valence-electron chi connectivity index (χ0n) is 28.1. The Balaban J connectivity index is 1.52. The first-order valence-corrected chi connectivity index (χ1v) is 17.1. The van der Waals surface area contributed by atoms with Crippen LogP contribution in [0.4, 0.5) is 18.9 Å². The van der Waals surface area contributed by atoms with Gasteiger partial charge in [-0.2, -0.15) is 13.2 Å². The molecule has 50 heavy (non-hydrogen) atoms. The fourth-order valence-corrected chi connectivity index (χ4v) is 7.49. The van der Waals surface area contributed by atoms with E-state index in [0.29, 0.717) is 28.5 Å². The van der Waals surface area contributed by atoms with Gasteiger partial charge in [0.1, 0.15) is 17.2 Å². The fourth-order valence-electron chi connectivity index (χ4n) is 6.24. The van der Waals surface area contributed by atoms with E-state index < -0.39 is 11.7 Å². The SMILES string of the molecule is COc1ccc(CN(Sc2c(C(F)(F)F)ccc(C3CCC(N)CC3)c2-c2nnnn2Cc2ccc(OC)cc2)c2ccc(OC)cc2)cc1. The topological polar surface area (TPSA) is 101 Å². The van der Waals surface area contributed by atoms with Gasteiger partial charge in [-0.15, -0.1) is 5.10 Å². The summed E-state index contributed by atoms with van der Waals surface area (Å²) in [7, 11) is 4.75. The maximum Gasteiger partial charge on any atom is 0.417 e. The summed E-state index contributed by atoms with van der Waals surface area (Å²) < 4.78 is 64.8. The van der Waals surface area contributed by atoms with E-state index >= 15 is 13.2 Å². The zero-order valence-corrected chi connectivity index (χ0v) is 28.9. The van der Waals surface area contributed by atoms with E-state index in [-0.39, 0.29) is 35.8 Å². The fraction of sp³-hybridized carbons (Fsp3) is 0.324. The van der Waals surface area contributed by atoms with Crippen LogP contribution in [0.3, 0.4) is 0 Å². The number of hydrogen-bond donors (Lipinski definition) is 1. The summed E-state index contributed by atoms with van der Waals surface area (Å²) >= 11 is 1.03. The molecule has 0 radical (unpaired) electrons. The summed E-state index contributed by atoms with van der Waals surface area (Å²) in [5.41, 5.74) is 9.09. The van der Waals surface area contributed by atoms with Crippen LogP contribution < -0.4 is 24.2 Å². The number of aromatic nitrogens is 4. The highest BCUT2D eigenvalue weighted by molar-refractivity contribution is 8.00. The minimum atomic E-state index is -4.66. The summed E-state index contributed by atoms with van der Waals surface area (Å²) in [5.74, 6) is 2.25. The van der Waals surface area contributed by atoms with E-state index in [1.54, 1.807) is 44.2 Å². The molecule has 2 N–H and O–H groups in total. The maximum atomic E-state index is 15.1. The minimum Gasteiger partial charge on any atom is -0.497 e. The molecule has 1 heterocycles. The van der Waals surface area contributed by atoms with Gasteiger partial charge in [0.25, 0.3) is 0 Å². The average Bonchev–Trinajstić information content (AvgIpc) is 3.59. The second-order valence-corrected chi connectivity index (χ2v) is 13.2. The standard InChI is InChI=1S/C37H39F3N6O3S/c1-47-29-14-4-24(5-15-29)22-45-36(42-43-44-45)34-32(26-8-10-27(41)11-9-26)20-21-33(37(38,39)40)35(34)50-46(28-12-18-31(49-3)19-13-28)23-25-6-16-30(48-2)17-7-25/h4-7,12-21,26-27H,8-11,22-23,41H2,1-3H3. The summed E-state index contributed by atoms with van der Waals surface area (Å²) in [6, 6.07) is 25.0. The van der Waals surface area contributed by atoms with Gasteiger partial charge >= 0.3 is 6.18 Å². The Morgan fingerprint density at radius 3 is 1.90 bits per heavy atom. The van der Waals surface area contributed by atoms with E-state index in [4.69, 9.17) is 19.9 Å². The minimum absolute atomic E-state index is 0.0198. The summed E-state index contributed by atoms with van der Waals surface area (Å²) in [6.07, 6.45) is -1.61. The predicted octanol–water partition coefficient (Wildman–Crippen LogP) is 8.13. The van der Waals surface area contributed by atoms with Gasteiger partial charge in [-0.3, -0.25) is 0 Å². The number of alkyl halides is 3. The smallest absolute Gasteiger partial charge is 0.417 e. The Morgan fingerprint density at radius 2 is 1.34 bits per heavy atom. The third kappa shape index (κ3) is 8.00.